The van der Waals surface area contributed by atoms with Gasteiger partial charge in [-0.3, -0.25) is 9.59 Å². The summed E-state index contributed by atoms with van der Waals surface area (Å²) in [5.74, 6) is -0.00284. The van der Waals surface area contributed by atoms with Gasteiger partial charge in [0.25, 0.3) is 0 Å². The van der Waals surface area contributed by atoms with Crippen LogP contribution < -0.4 is 0 Å². The third-order valence-corrected chi connectivity index (χ3v) is 12.6. The topological polar surface area (TPSA) is 61.8 Å². The third kappa shape index (κ3) is 13.3. The standard InChI is InChI=1S/C64H58O5/c1-48(54-17-7-3-8-18-54)56-33-27-51(28-34-56)42-67-45-64(41-15-16-50-25-37-60(38-26-50)62(65)58-21-11-5-12-22-58,46-68-43-52-29-35-57(36-30-52)49(2)55-19-9-4-10-20-55)47-69-44-53-31-39-61(40-32-53)63(66)59-23-13-6-14-24-59/h3-14,17-40H,1-2,15-16,41-47H2. The van der Waals surface area contributed by atoms with Crippen molar-refractivity contribution in [1.82, 2.24) is 0 Å². The largest absolute Gasteiger partial charge is 0.376 e. The fraction of sp³-hybridized carbons (Fsp3) is 0.156. The van der Waals surface area contributed by atoms with Gasteiger partial charge in [-0.15, -0.1) is 0 Å². The Balaban J connectivity index is 0.989. The molecule has 0 aliphatic rings. The van der Waals surface area contributed by atoms with E-state index in [1.807, 2.05) is 133 Å². The molecule has 0 unspecified atom stereocenters. The summed E-state index contributed by atoms with van der Waals surface area (Å²) in [6.07, 6.45) is 2.40. The maximum atomic E-state index is 13.2. The van der Waals surface area contributed by atoms with E-state index in [1.54, 1.807) is 0 Å². The number of aryl methyl sites for hydroxylation is 1. The SMILES string of the molecule is C=C(c1ccccc1)c1ccc(COCC(CCCc2ccc(C(=O)c3ccccc3)cc2)(COCc2ccc(C(=C)c3ccccc3)cc2)COCc2ccc(C(=O)c3ccccc3)cc2)cc1. The van der Waals surface area contributed by atoms with Gasteiger partial charge in [-0.05, 0) is 74.9 Å². The van der Waals surface area contributed by atoms with Crippen molar-refractivity contribution in [2.24, 2.45) is 5.41 Å². The Bertz CT molecular complexity index is 2480. The minimum absolute atomic E-state index is 0.0107. The van der Waals surface area contributed by atoms with Gasteiger partial charge in [0.05, 0.1) is 39.6 Å². The van der Waals surface area contributed by atoms with E-state index in [9.17, 15) is 9.59 Å². The predicted octanol–water partition coefficient (Wildman–Crippen LogP) is 14.2. The van der Waals surface area contributed by atoms with E-state index in [1.165, 1.54) is 0 Å². The van der Waals surface area contributed by atoms with E-state index in [0.717, 1.165) is 74.9 Å². The highest BCUT2D eigenvalue weighted by molar-refractivity contribution is 6.09. The Hall–Kier alpha value is -7.54. The van der Waals surface area contributed by atoms with E-state index >= 15 is 0 Å². The summed E-state index contributed by atoms with van der Waals surface area (Å²) in [5.41, 5.74) is 12.6. The van der Waals surface area contributed by atoms with E-state index in [4.69, 9.17) is 14.2 Å². The maximum Gasteiger partial charge on any atom is 0.193 e. The molecule has 69 heavy (non-hydrogen) atoms. The number of benzene rings is 8. The first kappa shape index (κ1) is 47.9. The Labute approximate surface area is 407 Å². The summed E-state index contributed by atoms with van der Waals surface area (Å²) in [4.78, 5) is 26.3. The summed E-state index contributed by atoms with van der Waals surface area (Å²) in [5, 5.41) is 0. The molecule has 8 aromatic rings. The van der Waals surface area contributed by atoms with Crippen LogP contribution in [-0.4, -0.2) is 31.4 Å². The molecule has 0 saturated heterocycles. The average molecular weight is 907 g/mol. The van der Waals surface area contributed by atoms with Crippen molar-refractivity contribution in [3.63, 3.8) is 0 Å². The number of ketones is 2. The van der Waals surface area contributed by atoms with Crippen LogP contribution in [0.5, 0.6) is 0 Å². The molecule has 0 saturated carbocycles. The first-order chi connectivity index (χ1) is 33.8. The molecule has 344 valence electrons. The van der Waals surface area contributed by atoms with Crippen molar-refractivity contribution in [2.75, 3.05) is 19.8 Å². The summed E-state index contributed by atoms with van der Waals surface area (Å²) in [6.45, 7) is 11.1. The molecular weight excluding hydrogens is 849 g/mol. The normalized spacial score (nSPS) is 11.2. The average Bonchev–Trinajstić information content (AvgIpc) is 3.42. The fourth-order valence-electron chi connectivity index (χ4n) is 8.47. The minimum Gasteiger partial charge on any atom is -0.376 e. The molecule has 0 spiro atoms. The van der Waals surface area contributed by atoms with Crippen LogP contribution in [0, 0.1) is 5.41 Å². The van der Waals surface area contributed by atoms with Crippen molar-refractivity contribution in [2.45, 2.75) is 39.1 Å². The summed E-state index contributed by atoms with van der Waals surface area (Å²) in [7, 11) is 0. The molecule has 0 aliphatic heterocycles. The summed E-state index contributed by atoms with van der Waals surface area (Å²) in [6, 6.07) is 71.6. The fourth-order valence-corrected chi connectivity index (χ4v) is 8.47. The second-order valence-corrected chi connectivity index (χ2v) is 17.7. The highest BCUT2D eigenvalue weighted by Crippen LogP contribution is 2.30. The molecule has 0 atom stereocenters. The van der Waals surface area contributed by atoms with Gasteiger partial charge in [0.1, 0.15) is 0 Å². The van der Waals surface area contributed by atoms with Crippen LogP contribution in [0.2, 0.25) is 0 Å². The quantitative estimate of drug-likeness (QED) is 0.0565. The van der Waals surface area contributed by atoms with Crippen LogP contribution >= 0.6 is 0 Å². The molecule has 0 fully saturated rings. The first-order valence-electron chi connectivity index (χ1n) is 23.6. The van der Waals surface area contributed by atoms with Crippen molar-refractivity contribution in [3.05, 3.63) is 298 Å². The van der Waals surface area contributed by atoms with Crippen molar-refractivity contribution in [1.29, 1.82) is 0 Å². The van der Waals surface area contributed by atoms with Crippen LogP contribution in [0.15, 0.2) is 232 Å². The highest BCUT2D eigenvalue weighted by atomic mass is 16.5. The third-order valence-electron chi connectivity index (χ3n) is 12.6. The van der Waals surface area contributed by atoms with Crippen molar-refractivity contribution in [3.8, 4) is 0 Å². The number of hydrogen-bond acceptors (Lipinski definition) is 5. The molecule has 8 aromatic carbocycles. The lowest BCUT2D eigenvalue weighted by Crippen LogP contribution is -2.37. The van der Waals surface area contributed by atoms with Crippen LogP contribution in [0.4, 0.5) is 0 Å². The molecule has 0 radical (unpaired) electrons. The second-order valence-electron chi connectivity index (χ2n) is 17.7. The zero-order valence-corrected chi connectivity index (χ0v) is 39.1. The van der Waals surface area contributed by atoms with E-state index in [0.29, 0.717) is 61.9 Å². The Morgan fingerprint density at radius 2 is 0.594 bits per heavy atom. The molecule has 0 amide bonds. The molecule has 5 nitrogen and oxygen atoms in total. The number of hydrogen-bond donors (Lipinski definition) is 0. The van der Waals surface area contributed by atoms with E-state index in [-0.39, 0.29) is 11.6 Å². The van der Waals surface area contributed by atoms with Gasteiger partial charge in [0.2, 0.25) is 0 Å². The molecule has 0 aromatic heterocycles. The summed E-state index contributed by atoms with van der Waals surface area (Å²) < 4.78 is 20.0. The maximum absolute atomic E-state index is 13.2. The van der Waals surface area contributed by atoms with Gasteiger partial charge in [-0.25, -0.2) is 0 Å². The second kappa shape index (κ2) is 24.0. The zero-order valence-electron chi connectivity index (χ0n) is 39.1. The molecule has 8 rings (SSSR count). The van der Waals surface area contributed by atoms with Gasteiger partial charge in [0, 0.05) is 27.7 Å². The number of carbonyl (C=O) groups excluding carboxylic acids is 2. The minimum atomic E-state index is -0.518. The van der Waals surface area contributed by atoms with Gasteiger partial charge in [0.15, 0.2) is 11.6 Å². The lowest BCUT2D eigenvalue weighted by atomic mass is 9.84. The summed E-state index contributed by atoms with van der Waals surface area (Å²) >= 11 is 0. The lowest BCUT2D eigenvalue weighted by Gasteiger charge is -2.33. The number of carbonyl (C=O) groups is 2. The lowest BCUT2D eigenvalue weighted by molar-refractivity contribution is -0.0846. The van der Waals surface area contributed by atoms with Crippen LogP contribution in [0.1, 0.15) is 89.2 Å². The van der Waals surface area contributed by atoms with Crippen LogP contribution in [0.3, 0.4) is 0 Å². The first-order valence-corrected chi connectivity index (χ1v) is 23.6. The van der Waals surface area contributed by atoms with Crippen LogP contribution in [-0.2, 0) is 40.5 Å². The molecule has 0 N–H and O–H groups in total. The Morgan fingerprint density at radius 3 is 0.928 bits per heavy atom. The molecule has 0 aliphatic carbocycles. The number of ether oxygens (including phenoxy) is 3. The van der Waals surface area contributed by atoms with Gasteiger partial charge < -0.3 is 14.2 Å². The van der Waals surface area contributed by atoms with Crippen molar-refractivity contribution < 1.29 is 23.8 Å². The monoisotopic (exact) mass is 906 g/mol. The Morgan fingerprint density at radius 1 is 0.333 bits per heavy atom. The van der Waals surface area contributed by atoms with E-state index in [2.05, 4.69) is 98.1 Å². The smallest absolute Gasteiger partial charge is 0.193 e. The highest BCUT2D eigenvalue weighted by Gasteiger charge is 2.32. The molecular formula is C64H58O5. The molecule has 5 heteroatoms. The van der Waals surface area contributed by atoms with Gasteiger partial charge in [-0.2, -0.15) is 0 Å². The van der Waals surface area contributed by atoms with E-state index < -0.39 is 5.41 Å². The molecule has 0 bridgehead atoms. The van der Waals surface area contributed by atoms with Crippen molar-refractivity contribution >= 4 is 22.7 Å². The Kier molecular flexibility index (Phi) is 16.6. The van der Waals surface area contributed by atoms with Crippen LogP contribution in [0.25, 0.3) is 11.1 Å². The van der Waals surface area contributed by atoms with Gasteiger partial charge in [-0.1, -0.05) is 232 Å². The predicted molar refractivity (Wildman–Crippen MR) is 279 cm³/mol. The molecule has 0 heterocycles. The van der Waals surface area contributed by atoms with Gasteiger partial charge >= 0.3 is 0 Å². The number of rotatable bonds is 24. The zero-order chi connectivity index (χ0) is 47.7.